The van der Waals surface area contributed by atoms with E-state index >= 15 is 0 Å². The molecule has 1 aromatic carbocycles. The molecule has 0 radical (unpaired) electrons. The molecule has 0 saturated carbocycles. The molecule has 2 aliphatic heterocycles. The van der Waals surface area contributed by atoms with Crippen LogP contribution in [0, 0.1) is 0 Å². The van der Waals surface area contributed by atoms with Crippen molar-refractivity contribution >= 4 is 29.5 Å². The van der Waals surface area contributed by atoms with Crippen LogP contribution in [-0.4, -0.2) is 61.4 Å². The second kappa shape index (κ2) is 11.2. The maximum Gasteiger partial charge on any atom is 0.407 e. The molecule has 9 heteroatoms. The number of allylic oxidation sites excluding steroid dienone is 1. The minimum Gasteiger partial charge on any atom is -0.447 e. The van der Waals surface area contributed by atoms with E-state index in [2.05, 4.69) is 27.1 Å². The van der Waals surface area contributed by atoms with Gasteiger partial charge in [0, 0.05) is 57.2 Å². The van der Waals surface area contributed by atoms with Gasteiger partial charge in [-0.2, -0.15) is 0 Å². The SMILES string of the molecule is C=C(C=N/C(=C\N)N1CCNCC1)c1ccc2c(c1)C(NC(=O)OC(C)C)C[C@@H](C)N2C(C)=O. The molecule has 4 N–H and O–H groups in total. The molecule has 1 aromatic rings. The van der Waals surface area contributed by atoms with E-state index in [0.717, 1.165) is 43.0 Å². The quantitative estimate of drug-likeness (QED) is 0.554. The van der Waals surface area contributed by atoms with Crippen LogP contribution in [0.25, 0.3) is 5.57 Å². The van der Waals surface area contributed by atoms with Gasteiger partial charge in [-0.15, -0.1) is 0 Å². The van der Waals surface area contributed by atoms with Crippen molar-refractivity contribution in [3.63, 3.8) is 0 Å². The van der Waals surface area contributed by atoms with Crippen LogP contribution in [0.15, 0.2) is 41.8 Å². The topological polar surface area (TPSA) is 112 Å². The summed E-state index contributed by atoms with van der Waals surface area (Å²) in [4.78, 5) is 33.2. The number of ether oxygens (including phenoxy) is 1. The first kappa shape index (κ1) is 25.3. The van der Waals surface area contributed by atoms with Gasteiger partial charge in [0.15, 0.2) is 0 Å². The molecule has 0 aromatic heterocycles. The van der Waals surface area contributed by atoms with Crippen LogP contribution < -0.4 is 21.3 Å². The number of hydrogen-bond donors (Lipinski definition) is 3. The highest BCUT2D eigenvalue weighted by Crippen LogP contribution is 2.38. The summed E-state index contributed by atoms with van der Waals surface area (Å²) in [7, 11) is 0. The van der Waals surface area contributed by atoms with E-state index in [9.17, 15) is 9.59 Å². The van der Waals surface area contributed by atoms with E-state index in [1.54, 1.807) is 31.9 Å². The van der Waals surface area contributed by atoms with Gasteiger partial charge in [0.2, 0.25) is 5.91 Å². The lowest BCUT2D eigenvalue weighted by molar-refractivity contribution is -0.117. The number of nitrogens with zero attached hydrogens (tertiary/aromatic N) is 3. The molecule has 2 heterocycles. The lowest BCUT2D eigenvalue weighted by Crippen LogP contribution is -2.45. The number of rotatable bonds is 6. The Morgan fingerprint density at radius 1 is 1.32 bits per heavy atom. The Morgan fingerprint density at radius 3 is 2.65 bits per heavy atom. The van der Waals surface area contributed by atoms with Crippen molar-refractivity contribution in [2.24, 2.45) is 10.7 Å². The molecule has 0 spiro atoms. The molecule has 34 heavy (non-hydrogen) atoms. The Balaban J connectivity index is 1.87. The van der Waals surface area contributed by atoms with E-state index < -0.39 is 6.09 Å². The molecule has 2 aliphatic rings. The van der Waals surface area contributed by atoms with Crippen molar-refractivity contribution in [2.45, 2.75) is 52.3 Å². The number of benzene rings is 1. The summed E-state index contributed by atoms with van der Waals surface area (Å²) in [5, 5.41) is 6.27. The Hall–Kier alpha value is -3.33. The number of nitrogens with two attached hydrogens (primary N) is 1. The number of aliphatic imine (C=N–C) groups is 1. The first-order valence-corrected chi connectivity index (χ1v) is 11.7. The van der Waals surface area contributed by atoms with Gasteiger partial charge in [-0.05, 0) is 56.0 Å². The third-order valence-electron chi connectivity index (χ3n) is 5.97. The van der Waals surface area contributed by atoms with Gasteiger partial charge in [-0.25, -0.2) is 9.79 Å². The Kier molecular flexibility index (Phi) is 8.33. The number of hydrogen-bond acceptors (Lipinski definition) is 7. The van der Waals surface area contributed by atoms with E-state index in [4.69, 9.17) is 10.5 Å². The summed E-state index contributed by atoms with van der Waals surface area (Å²) in [5.41, 5.74) is 8.99. The van der Waals surface area contributed by atoms with Crippen molar-refractivity contribution in [2.75, 3.05) is 31.1 Å². The van der Waals surface area contributed by atoms with E-state index in [1.807, 2.05) is 25.1 Å². The molecule has 3 rings (SSSR count). The normalized spacial score (nSPS) is 20.9. The summed E-state index contributed by atoms with van der Waals surface area (Å²) in [6, 6.07) is 5.42. The summed E-state index contributed by atoms with van der Waals surface area (Å²) in [5.74, 6) is 0.659. The summed E-state index contributed by atoms with van der Waals surface area (Å²) < 4.78 is 5.29. The van der Waals surface area contributed by atoms with Crippen molar-refractivity contribution in [1.29, 1.82) is 0 Å². The number of carbonyl (C=O) groups excluding carboxylic acids is 2. The van der Waals surface area contributed by atoms with Crippen LogP contribution in [0.2, 0.25) is 0 Å². The predicted octanol–water partition coefficient (Wildman–Crippen LogP) is 2.75. The number of anilines is 1. The van der Waals surface area contributed by atoms with Gasteiger partial charge in [0.25, 0.3) is 0 Å². The van der Waals surface area contributed by atoms with Gasteiger partial charge in [-0.1, -0.05) is 12.6 Å². The third-order valence-corrected chi connectivity index (χ3v) is 5.97. The maximum atomic E-state index is 12.4. The number of nitrogens with one attached hydrogen (secondary N) is 2. The molecule has 1 saturated heterocycles. The third kappa shape index (κ3) is 5.96. The van der Waals surface area contributed by atoms with Gasteiger partial charge in [0.1, 0.15) is 5.82 Å². The monoisotopic (exact) mass is 468 g/mol. The zero-order valence-electron chi connectivity index (χ0n) is 20.5. The smallest absolute Gasteiger partial charge is 0.407 e. The zero-order chi connectivity index (χ0) is 24.8. The maximum absolute atomic E-state index is 12.4. The largest absolute Gasteiger partial charge is 0.447 e. The molecular weight excluding hydrogens is 432 g/mol. The van der Waals surface area contributed by atoms with E-state index in [1.165, 1.54) is 6.20 Å². The zero-order valence-corrected chi connectivity index (χ0v) is 20.5. The molecule has 1 fully saturated rings. The fourth-order valence-corrected chi connectivity index (χ4v) is 4.41. The highest BCUT2D eigenvalue weighted by molar-refractivity contribution is 6.09. The van der Waals surface area contributed by atoms with Crippen molar-refractivity contribution < 1.29 is 14.3 Å². The fourth-order valence-electron chi connectivity index (χ4n) is 4.41. The van der Waals surface area contributed by atoms with E-state index in [-0.39, 0.29) is 24.1 Å². The minimum atomic E-state index is -0.478. The molecule has 2 amide bonds. The van der Waals surface area contributed by atoms with Crippen molar-refractivity contribution in [1.82, 2.24) is 15.5 Å². The molecular formula is C25H36N6O3. The molecule has 2 atom stereocenters. The molecule has 184 valence electrons. The average Bonchev–Trinajstić information content (AvgIpc) is 2.79. The van der Waals surface area contributed by atoms with Crippen LogP contribution in [0.3, 0.4) is 0 Å². The summed E-state index contributed by atoms with van der Waals surface area (Å²) in [6.45, 7) is 14.8. The first-order chi connectivity index (χ1) is 16.2. The second-order valence-corrected chi connectivity index (χ2v) is 8.94. The molecule has 0 bridgehead atoms. The van der Waals surface area contributed by atoms with Gasteiger partial charge in [0.05, 0.1) is 12.1 Å². The first-order valence-electron chi connectivity index (χ1n) is 11.7. The highest BCUT2D eigenvalue weighted by atomic mass is 16.6. The second-order valence-electron chi connectivity index (χ2n) is 8.94. The van der Waals surface area contributed by atoms with Gasteiger partial charge >= 0.3 is 6.09 Å². The Morgan fingerprint density at radius 2 is 2.03 bits per heavy atom. The molecule has 0 aliphatic carbocycles. The summed E-state index contributed by atoms with van der Waals surface area (Å²) in [6.07, 6.45) is 3.08. The standard InChI is InChI=1S/C25H36N6O3/c1-16(2)34-25(33)29-22-12-18(4)31(19(5)32)23-7-6-20(13-21(22)23)17(3)15-28-24(14-26)30-10-8-27-9-11-30/h6-7,13-16,18,22,27H,3,8-12,26H2,1-2,4-5H3,(H,29,33)/b24-14+,28-15?/t18-,22?/m1/s1. The lowest BCUT2D eigenvalue weighted by Gasteiger charge is -2.39. The lowest BCUT2D eigenvalue weighted by atomic mass is 9.89. The Labute approximate surface area is 201 Å². The van der Waals surface area contributed by atoms with Crippen molar-refractivity contribution in [3.8, 4) is 0 Å². The van der Waals surface area contributed by atoms with Crippen LogP contribution in [0.1, 0.15) is 51.3 Å². The number of alkyl carbamates (subject to hydrolysis) is 1. The van der Waals surface area contributed by atoms with Crippen LogP contribution in [-0.2, 0) is 9.53 Å². The number of amides is 2. The van der Waals surface area contributed by atoms with Gasteiger partial charge < -0.3 is 30.9 Å². The predicted molar refractivity (Wildman–Crippen MR) is 135 cm³/mol. The molecule has 1 unspecified atom stereocenters. The minimum absolute atomic E-state index is 0.0427. The number of fused-ring (bicyclic) bond motifs is 1. The Bertz CT molecular complexity index is 981. The number of carbonyl (C=O) groups is 2. The number of piperazine rings is 1. The fraction of sp³-hybridized carbons (Fsp3) is 0.480. The highest BCUT2D eigenvalue weighted by Gasteiger charge is 2.33. The van der Waals surface area contributed by atoms with Crippen LogP contribution >= 0.6 is 0 Å². The van der Waals surface area contributed by atoms with Gasteiger partial charge in [-0.3, -0.25) is 4.79 Å². The average molecular weight is 469 g/mol. The summed E-state index contributed by atoms with van der Waals surface area (Å²) >= 11 is 0. The van der Waals surface area contributed by atoms with Crippen molar-refractivity contribution in [3.05, 3.63) is 47.9 Å². The van der Waals surface area contributed by atoms with Crippen LogP contribution in [0.5, 0.6) is 0 Å². The van der Waals surface area contributed by atoms with E-state index in [0.29, 0.717) is 17.8 Å². The molecule has 9 nitrogen and oxygen atoms in total. The van der Waals surface area contributed by atoms with Crippen LogP contribution in [0.4, 0.5) is 10.5 Å².